The van der Waals surface area contributed by atoms with Crippen molar-refractivity contribution in [3.63, 3.8) is 0 Å². The number of rotatable bonds is 5. The molecule has 0 aliphatic heterocycles. The number of hydrogen-bond donors (Lipinski definition) is 3. The maximum atomic E-state index is 9.11. The molecule has 1 aliphatic carbocycles. The highest BCUT2D eigenvalue weighted by Gasteiger charge is 2.24. The number of nitrogens with two attached hydrogens (primary N) is 1. The van der Waals surface area contributed by atoms with E-state index in [1.807, 2.05) is 6.07 Å². The van der Waals surface area contributed by atoms with Crippen LogP contribution in [0.2, 0.25) is 0 Å². The van der Waals surface area contributed by atoms with Crippen LogP contribution in [0.1, 0.15) is 25.0 Å². The van der Waals surface area contributed by atoms with Crippen molar-refractivity contribution >= 4 is 11.5 Å². The van der Waals surface area contributed by atoms with Crippen LogP contribution in [0, 0.1) is 0 Å². The fourth-order valence-electron chi connectivity index (χ4n) is 2.09. The summed E-state index contributed by atoms with van der Waals surface area (Å²) >= 11 is 0. The van der Waals surface area contributed by atoms with Crippen molar-refractivity contribution in [1.29, 1.82) is 0 Å². The number of oxime groups is 1. The predicted octanol–water partition coefficient (Wildman–Crippen LogP) is 0.527. The molecule has 0 radical (unpaired) electrons. The van der Waals surface area contributed by atoms with Crippen molar-refractivity contribution in [1.82, 2.24) is 4.98 Å². The van der Waals surface area contributed by atoms with Gasteiger partial charge in [-0.1, -0.05) is 5.16 Å². The van der Waals surface area contributed by atoms with E-state index in [0.717, 1.165) is 18.5 Å². The third-order valence-electron chi connectivity index (χ3n) is 3.31. The maximum absolute atomic E-state index is 9.11. The topological polar surface area (TPSA) is 95.0 Å². The number of amidine groups is 1. The lowest BCUT2D eigenvalue weighted by molar-refractivity contribution is 0.283. The van der Waals surface area contributed by atoms with Gasteiger partial charge in [0, 0.05) is 12.6 Å². The smallest absolute Gasteiger partial charge is 0.188 e. The third-order valence-corrected chi connectivity index (χ3v) is 3.31. The lowest BCUT2D eigenvalue weighted by Gasteiger charge is -2.38. The molecule has 1 fully saturated rings. The molecule has 4 N–H and O–H groups in total. The summed E-state index contributed by atoms with van der Waals surface area (Å²) in [6.45, 7) is 0.730. The van der Waals surface area contributed by atoms with Crippen LogP contribution in [0.3, 0.4) is 0 Å². The van der Waals surface area contributed by atoms with Crippen molar-refractivity contribution in [2.75, 3.05) is 18.1 Å². The minimum absolute atomic E-state index is 0.00102. The molecule has 6 heteroatoms. The summed E-state index contributed by atoms with van der Waals surface area (Å²) in [5.74, 6) is -0.00102. The van der Waals surface area contributed by atoms with Gasteiger partial charge in [-0.2, -0.15) is 0 Å². The summed E-state index contributed by atoms with van der Waals surface area (Å²) in [4.78, 5) is 6.31. The zero-order valence-corrected chi connectivity index (χ0v) is 10.2. The zero-order valence-electron chi connectivity index (χ0n) is 10.2. The third kappa shape index (κ3) is 2.53. The predicted molar refractivity (Wildman–Crippen MR) is 68.8 cm³/mol. The first-order chi connectivity index (χ1) is 8.76. The molecule has 1 saturated carbocycles. The van der Waals surface area contributed by atoms with Gasteiger partial charge in [0.15, 0.2) is 5.84 Å². The molecule has 1 aromatic rings. The number of anilines is 1. The number of aromatic nitrogens is 1. The summed E-state index contributed by atoms with van der Waals surface area (Å²) < 4.78 is 0. The van der Waals surface area contributed by atoms with Gasteiger partial charge in [0.1, 0.15) is 5.69 Å². The molecule has 1 heterocycles. The Morgan fingerprint density at radius 2 is 2.28 bits per heavy atom. The highest BCUT2D eigenvalue weighted by atomic mass is 16.4. The fraction of sp³-hybridized carbons (Fsp3) is 0.500. The monoisotopic (exact) mass is 250 g/mol. The molecule has 6 nitrogen and oxygen atoms in total. The average Bonchev–Trinajstić information content (AvgIpc) is 2.35. The Balaban J connectivity index is 2.15. The van der Waals surface area contributed by atoms with Gasteiger partial charge in [-0.3, -0.25) is 4.98 Å². The van der Waals surface area contributed by atoms with E-state index in [4.69, 9.17) is 16.0 Å². The second-order valence-corrected chi connectivity index (χ2v) is 4.39. The summed E-state index contributed by atoms with van der Waals surface area (Å²) in [5.41, 5.74) is 6.86. The van der Waals surface area contributed by atoms with E-state index in [1.54, 1.807) is 12.3 Å². The van der Waals surface area contributed by atoms with E-state index in [9.17, 15) is 0 Å². The molecule has 0 spiro atoms. The lowest BCUT2D eigenvalue weighted by Crippen LogP contribution is -2.42. The Bertz CT molecular complexity index is 415. The Kier molecular flexibility index (Phi) is 3.99. The normalized spacial score (nSPS) is 16.4. The second kappa shape index (κ2) is 5.68. The molecule has 2 rings (SSSR count). The average molecular weight is 250 g/mol. The number of pyridine rings is 1. The number of hydrogen-bond acceptors (Lipinski definition) is 5. The van der Waals surface area contributed by atoms with Gasteiger partial charge >= 0.3 is 0 Å². The first-order valence-electron chi connectivity index (χ1n) is 6.07. The lowest BCUT2D eigenvalue weighted by atomic mass is 9.91. The Labute approximate surface area is 106 Å². The number of aliphatic hydroxyl groups excluding tert-OH is 1. The molecule has 98 valence electrons. The van der Waals surface area contributed by atoms with Crippen molar-refractivity contribution in [2.45, 2.75) is 25.3 Å². The molecule has 0 amide bonds. The summed E-state index contributed by atoms with van der Waals surface area (Å²) in [5, 5.41) is 20.6. The highest BCUT2D eigenvalue weighted by molar-refractivity contribution is 5.95. The molecular weight excluding hydrogens is 232 g/mol. The van der Waals surface area contributed by atoms with Gasteiger partial charge in [0.25, 0.3) is 0 Å². The Morgan fingerprint density at radius 3 is 2.72 bits per heavy atom. The molecule has 0 atom stereocenters. The van der Waals surface area contributed by atoms with E-state index >= 15 is 0 Å². The molecule has 18 heavy (non-hydrogen) atoms. The van der Waals surface area contributed by atoms with Gasteiger partial charge in [-0.15, -0.1) is 0 Å². The van der Waals surface area contributed by atoms with E-state index in [1.165, 1.54) is 6.42 Å². The Hall–Kier alpha value is -1.82. The van der Waals surface area contributed by atoms with E-state index < -0.39 is 0 Å². The first kappa shape index (κ1) is 12.6. The van der Waals surface area contributed by atoms with E-state index in [-0.39, 0.29) is 12.4 Å². The number of aliphatic hydroxyl groups is 1. The van der Waals surface area contributed by atoms with Crippen LogP contribution in [-0.4, -0.2) is 40.3 Å². The van der Waals surface area contributed by atoms with Gasteiger partial charge in [0.2, 0.25) is 0 Å². The molecule has 1 aromatic heterocycles. The Morgan fingerprint density at radius 1 is 1.50 bits per heavy atom. The molecular formula is C12H18N4O2. The molecule has 0 unspecified atom stereocenters. The van der Waals surface area contributed by atoms with Crippen LogP contribution in [0.5, 0.6) is 0 Å². The van der Waals surface area contributed by atoms with Crippen LogP contribution in [0.15, 0.2) is 23.5 Å². The van der Waals surface area contributed by atoms with Gasteiger partial charge in [-0.05, 0) is 31.4 Å². The van der Waals surface area contributed by atoms with Crippen LogP contribution in [0.4, 0.5) is 5.69 Å². The largest absolute Gasteiger partial charge is 0.409 e. The van der Waals surface area contributed by atoms with Crippen molar-refractivity contribution in [3.05, 3.63) is 24.0 Å². The summed E-state index contributed by atoms with van der Waals surface area (Å²) in [6.07, 6.45) is 5.24. The van der Waals surface area contributed by atoms with Crippen molar-refractivity contribution in [2.24, 2.45) is 10.9 Å². The van der Waals surface area contributed by atoms with Gasteiger partial charge < -0.3 is 20.9 Å². The molecule has 1 aliphatic rings. The second-order valence-electron chi connectivity index (χ2n) is 4.39. The molecule has 0 saturated heterocycles. The van der Waals surface area contributed by atoms with Crippen LogP contribution < -0.4 is 10.6 Å². The van der Waals surface area contributed by atoms with Crippen molar-refractivity contribution in [3.8, 4) is 0 Å². The van der Waals surface area contributed by atoms with Crippen LogP contribution >= 0.6 is 0 Å². The number of nitrogens with zero attached hydrogens (tertiary/aromatic N) is 3. The molecule has 0 aromatic carbocycles. The quantitative estimate of drug-likeness (QED) is 0.306. The maximum Gasteiger partial charge on any atom is 0.188 e. The fourth-order valence-corrected chi connectivity index (χ4v) is 2.09. The summed E-state index contributed by atoms with van der Waals surface area (Å²) in [6, 6.07) is 4.09. The minimum atomic E-state index is -0.00102. The summed E-state index contributed by atoms with van der Waals surface area (Å²) in [7, 11) is 0. The first-order valence-corrected chi connectivity index (χ1v) is 6.07. The van der Waals surface area contributed by atoms with Gasteiger partial charge in [0.05, 0.1) is 18.5 Å². The zero-order chi connectivity index (χ0) is 13.0. The molecule has 0 bridgehead atoms. The van der Waals surface area contributed by atoms with Crippen LogP contribution in [0.25, 0.3) is 0 Å². The standard InChI is InChI=1S/C12H18N4O2/c13-12(15-18)11-5-4-10(8-14-11)16(6-7-17)9-2-1-3-9/h4-5,8-9,17-18H,1-3,6-7H2,(H2,13,15). The van der Waals surface area contributed by atoms with E-state index in [0.29, 0.717) is 18.3 Å². The van der Waals surface area contributed by atoms with E-state index in [2.05, 4.69) is 15.0 Å². The van der Waals surface area contributed by atoms with Crippen molar-refractivity contribution < 1.29 is 10.3 Å². The highest BCUT2D eigenvalue weighted by Crippen LogP contribution is 2.28. The minimum Gasteiger partial charge on any atom is -0.409 e. The SMILES string of the molecule is N/C(=N/O)c1ccc(N(CCO)C2CCC2)cn1. The van der Waals surface area contributed by atoms with Gasteiger partial charge in [-0.25, -0.2) is 0 Å². The van der Waals surface area contributed by atoms with Crippen LogP contribution in [-0.2, 0) is 0 Å².